The molecule has 3 rings (SSSR count). The molecule has 0 aliphatic carbocycles. The molecular weight excluding hydrogens is 330 g/mol. The molecule has 1 aromatic rings. The molecule has 4 N–H and O–H groups in total. The smallest absolute Gasteiger partial charge is 0.338 e. The summed E-state index contributed by atoms with van der Waals surface area (Å²) >= 11 is 0.956. The van der Waals surface area contributed by atoms with Gasteiger partial charge in [0, 0.05) is 18.0 Å². The summed E-state index contributed by atoms with van der Waals surface area (Å²) in [7, 11) is -4.05. The molecule has 120 valence electrons. The van der Waals surface area contributed by atoms with Crippen molar-refractivity contribution in [2.24, 2.45) is 0 Å². The molecular formula is C12H15N3O5S2. The monoisotopic (exact) mass is 345 g/mol. The number of sulfonamides is 1. The minimum Gasteiger partial charge on any atom is -0.478 e. The van der Waals surface area contributed by atoms with Gasteiger partial charge in [0.2, 0.25) is 5.91 Å². The summed E-state index contributed by atoms with van der Waals surface area (Å²) in [5.74, 6) is -1.64. The zero-order chi connectivity index (χ0) is 15.9. The first-order valence-corrected chi connectivity index (χ1v) is 9.08. The van der Waals surface area contributed by atoms with Gasteiger partial charge in [-0.25, -0.2) is 13.2 Å². The zero-order valence-electron chi connectivity index (χ0n) is 11.5. The number of rotatable bonds is 4. The van der Waals surface area contributed by atoms with Crippen molar-refractivity contribution in [1.29, 1.82) is 0 Å². The van der Waals surface area contributed by atoms with Gasteiger partial charge < -0.3 is 15.7 Å². The molecule has 0 radical (unpaired) electrons. The van der Waals surface area contributed by atoms with E-state index in [1.165, 1.54) is 0 Å². The van der Waals surface area contributed by atoms with Crippen LogP contribution in [-0.4, -0.2) is 44.5 Å². The fourth-order valence-electron chi connectivity index (χ4n) is 2.66. The fraction of sp³-hybridized carbons (Fsp3) is 0.500. The van der Waals surface area contributed by atoms with Crippen molar-refractivity contribution in [3.63, 3.8) is 0 Å². The molecule has 3 heterocycles. The lowest BCUT2D eigenvalue weighted by Crippen LogP contribution is -2.40. The summed E-state index contributed by atoms with van der Waals surface area (Å²) < 4.78 is 27.1. The van der Waals surface area contributed by atoms with Gasteiger partial charge in [0.15, 0.2) is 0 Å². The molecule has 0 saturated carbocycles. The molecule has 0 spiro atoms. The standard InChI is InChI=1S/C12H15N3O5S2/c16-10-7(2-4-14-10)15-22(19,20)12-9(11(17)18)6-1-3-13-5-8(6)21-12/h7,13,15H,1-5H2,(H,14,16)(H,17,18). The predicted molar refractivity (Wildman–Crippen MR) is 78.4 cm³/mol. The van der Waals surface area contributed by atoms with Crippen LogP contribution in [0.4, 0.5) is 0 Å². The van der Waals surface area contributed by atoms with Crippen molar-refractivity contribution in [3.05, 3.63) is 16.0 Å². The highest BCUT2D eigenvalue weighted by molar-refractivity contribution is 7.91. The van der Waals surface area contributed by atoms with Crippen molar-refractivity contribution < 1.29 is 23.1 Å². The van der Waals surface area contributed by atoms with Gasteiger partial charge in [0.1, 0.15) is 10.3 Å². The van der Waals surface area contributed by atoms with Crippen molar-refractivity contribution in [1.82, 2.24) is 15.4 Å². The topological polar surface area (TPSA) is 125 Å². The maximum absolute atomic E-state index is 12.5. The van der Waals surface area contributed by atoms with Gasteiger partial charge in [0.05, 0.1) is 5.56 Å². The highest BCUT2D eigenvalue weighted by Gasteiger charge is 2.35. The van der Waals surface area contributed by atoms with E-state index in [1.807, 2.05) is 0 Å². The molecule has 8 nitrogen and oxygen atoms in total. The summed E-state index contributed by atoms with van der Waals surface area (Å²) in [4.78, 5) is 23.8. The van der Waals surface area contributed by atoms with E-state index in [0.29, 0.717) is 38.0 Å². The molecule has 0 bridgehead atoms. The van der Waals surface area contributed by atoms with Crippen molar-refractivity contribution in [3.8, 4) is 0 Å². The van der Waals surface area contributed by atoms with E-state index in [0.717, 1.165) is 16.2 Å². The molecule has 1 fully saturated rings. The number of hydrogen-bond acceptors (Lipinski definition) is 6. The number of amides is 1. The molecule has 1 unspecified atom stereocenters. The minimum absolute atomic E-state index is 0.160. The van der Waals surface area contributed by atoms with E-state index in [9.17, 15) is 23.1 Å². The van der Waals surface area contributed by atoms with Crippen LogP contribution in [-0.2, 0) is 27.8 Å². The number of thiophene rings is 1. The van der Waals surface area contributed by atoms with Crippen LogP contribution in [0.2, 0.25) is 0 Å². The van der Waals surface area contributed by atoms with Crippen LogP contribution < -0.4 is 15.4 Å². The van der Waals surface area contributed by atoms with Crippen LogP contribution in [0, 0.1) is 0 Å². The number of carbonyl (C=O) groups excluding carboxylic acids is 1. The Morgan fingerprint density at radius 3 is 2.77 bits per heavy atom. The zero-order valence-corrected chi connectivity index (χ0v) is 13.1. The van der Waals surface area contributed by atoms with Crippen molar-refractivity contribution >= 4 is 33.2 Å². The normalized spacial score (nSPS) is 21.5. The first-order valence-electron chi connectivity index (χ1n) is 6.79. The number of carboxylic acid groups (broad SMARTS) is 1. The van der Waals surface area contributed by atoms with Crippen molar-refractivity contribution in [2.75, 3.05) is 13.1 Å². The Morgan fingerprint density at radius 2 is 2.14 bits per heavy atom. The third-order valence-electron chi connectivity index (χ3n) is 3.70. The summed E-state index contributed by atoms with van der Waals surface area (Å²) in [5, 5.41) is 15.0. The van der Waals surface area contributed by atoms with Crippen LogP contribution >= 0.6 is 11.3 Å². The molecule has 1 saturated heterocycles. The lowest BCUT2D eigenvalue weighted by molar-refractivity contribution is -0.120. The number of hydrogen-bond donors (Lipinski definition) is 4. The fourth-order valence-corrected chi connectivity index (χ4v) is 5.77. The van der Waals surface area contributed by atoms with Gasteiger partial charge in [-0.1, -0.05) is 0 Å². The summed E-state index contributed by atoms with van der Waals surface area (Å²) in [5.41, 5.74) is 0.417. The third-order valence-corrected chi connectivity index (χ3v) is 6.92. The summed E-state index contributed by atoms with van der Waals surface area (Å²) in [6, 6.07) is -0.844. The molecule has 2 aliphatic rings. The molecule has 1 aromatic heterocycles. The van der Waals surface area contributed by atoms with Gasteiger partial charge in [0.25, 0.3) is 10.0 Å². The van der Waals surface area contributed by atoms with Crippen LogP contribution in [0.3, 0.4) is 0 Å². The number of nitrogens with one attached hydrogen (secondary N) is 3. The second-order valence-electron chi connectivity index (χ2n) is 5.15. The minimum atomic E-state index is -4.05. The number of aromatic carboxylic acids is 1. The molecule has 22 heavy (non-hydrogen) atoms. The van der Waals surface area contributed by atoms with Gasteiger partial charge in [-0.3, -0.25) is 4.79 Å². The average Bonchev–Trinajstić information content (AvgIpc) is 3.03. The maximum Gasteiger partial charge on any atom is 0.338 e. The van der Waals surface area contributed by atoms with Gasteiger partial charge in [-0.15, -0.1) is 11.3 Å². The molecule has 1 amide bonds. The Bertz CT molecular complexity index is 740. The Balaban J connectivity index is 2.01. The Kier molecular flexibility index (Phi) is 3.93. The highest BCUT2D eigenvalue weighted by atomic mass is 32.2. The quantitative estimate of drug-likeness (QED) is 0.570. The molecule has 0 aromatic carbocycles. The summed E-state index contributed by atoms with van der Waals surface area (Å²) in [6.07, 6.45) is 0.833. The predicted octanol–water partition coefficient (Wildman–Crippen LogP) is -0.741. The van der Waals surface area contributed by atoms with Crippen molar-refractivity contribution in [2.45, 2.75) is 29.6 Å². The Morgan fingerprint density at radius 1 is 1.36 bits per heavy atom. The number of fused-ring (bicyclic) bond motifs is 1. The van der Waals surface area contributed by atoms with E-state index in [1.54, 1.807) is 0 Å². The highest BCUT2D eigenvalue weighted by Crippen LogP contribution is 2.34. The Labute approximate surface area is 131 Å². The maximum atomic E-state index is 12.5. The molecule has 1 atom stereocenters. The van der Waals surface area contributed by atoms with Crippen LogP contribution in [0.1, 0.15) is 27.2 Å². The number of carboxylic acids is 1. The van der Waals surface area contributed by atoms with E-state index < -0.39 is 22.0 Å². The first-order chi connectivity index (χ1) is 10.4. The second-order valence-corrected chi connectivity index (χ2v) is 8.17. The van der Waals surface area contributed by atoms with Gasteiger partial charge in [-0.05, 0) is 24.9 Å². The van der Waals surface area contributed by atoms with E-state index in [2.05, 4.69) is 15.4 Å². The first kappa shape index (κ1) is 15.4. The van der Waals surface area contributed by atoms with Gasteiger partial charge in [-0.2, -0.15) is 4.72 Å². The third kappa shape index (κ3) is 2.62. The lowest BCUT2D eigenvalue weighted by atomic mass is 10.1. The van der Waals surface area contributed by atoms with E-state index >= 15 is 0 Å². The average molecular weight is 345 g/mol. The van der Waals surface area contributed by atoms with Crippen LogP contribution in [0.5, 0.6) is 0 Å². The van der Waals surface area contributed by atoms with Crippen LogP contribution in [0.15, 0.2) is 4.21 Å². The second kappa shape index (κ2) is 5.61. The van der Waals surface area contributed by atoms with Gasteiger partial charge >= 0.3 is 5.97 Å². The SMILES string of the molecule is O=C(O)c1c(S(=O)(=O)NC2CCNC2=O)sc2c1CCNC2. The van der Waals surface area contributed by atoms with Crippen LogP contribution in [0.25, 0.3) is 0 Å². The molecule has 2 aliphatic heterocycles. The van der Waals surface area contributed by atoms with E-state index in [-0.39, 0.29) is 15.7 Å². The summed E-state index contributed by atoms with van der Waals surface area (Å²) in [6.45, 7) is 1.48. The largest absolute Gasteiger partial charge is 0.478 e. The number of carbonyl (C=O) groups is 2. The van der Waals surface area contributed by atoms with E-state index in [4.69, 9.17) is 0 Å². The molecule has 10 heteroatoms. The lowest BCUT2D eigenvalue weighted by Gasteiger charge is -2.12. The Hall–Kier alpha value is -1.49.